The first-order chi connectivity index (χ1) is 3.34. The maximum absolute atomic E-state index is 12.0. The number of aliphatic hydroxyl groups is 1. The third kappa shape index (κ3) is 0.752. The minimum atomic E-state index is -0.704. The molecular weight excluding hydrogens is 95.1 g/mol. The van der Waals surface area contributed by atoms with Crippen molar-refractivity contribution < 1.29 is 9.50 Å². The molecule has 1 fully saturated rings. The van der Waals surface area contributed by atoms with Crippen molar-refractivity contribution >= 4 is 0 Å². The van der Waals surface area contributed by atoms with Crippen LogP contribution in [0, 0.1) is 5.92 Å². The Balaban J connectivity index is 2.16. The minimum Gasteiger partial charge on any atom is -0.396 e. The van der Waals surface area contributed by atoms with Crippen LogP contribution in [0.15, 0.2) is 0 Å². The molecule has 7 heavy (non-hydrogen) atoms. The highest BCUT2D eigenvalue weighted by atomic mass is 19.1. The molecule has 1 rings (SSSR count). The molecule has 0 saturated heterocycles. The molecule has 1 saturated carbocycles. The molecule has 1 nitrogen and oxygen atoms in total. The molecular formula is C5H9FO. The van der Waals surface area contributed by atoms with Crippen molar-refractivity contribution in [2.75, 3.05) is 6.61 Å². The first-order valence-corrected chi connectivity index (χ1v) is 2.59. The summed E-state index contributed by atoms with van der Waals surface area (Å²) in [4.78, 5) is 0. The molecule has 1 N–H and O–H groups in total. The molecule has 0 aromatic carbocycles. The molecule has 2 atom stereocenters. The fourth-order valence-corrected chi connectivity index (χ4v) is 0.734. The summed E-state index contributed by atoms with van der Waals surface area (Å²) in [5.41, 5.74) is 0. The maximum atomic E-state index is 12.0. The number of alkyl halides is 1. The van der Waals surface area contributed by atoms with Gasteiger partial charge in [0.1, 0.15) is 6.17 Å². The molecule has 0 amide bonds. The Kier molecular flexibility index (Phi) is 1.28. The molecule has 0 bridgehead atoms. The molecule has 0 spiro atoms. The van der Waals surface area contributed by atoms with Crippen molar-refractivity contribution in [1.82, 2.24) is 0 Å². The van der Waals surface area contributed by atoms with E-state index < -0.39 is 6.17 Å². The fourth-order valence-electron chi connectivity index (χ4n) is 0.734. The van der Waals surface area contributed by atoms with E-state index in [2.05, 4.69) is 0 Å². The van der Waals surface area contributed by atoms with E-state index in [0.29, 0.717) is 6.42 Å². The van der Waals surface area contributed by atoms with E-state index in [0.717, 1.165) is 6.42 Å². The van der Waals surface area contributed by atoms with E-state index in [1.54, 1.807) is 0 Å². The SMILES string of the molecule is OCC1CCC1F. The molecule has 0 aromatic heterocycles. The normalized spacial score (nSPS) is 40.3. The van der Waals surface area contributed by atoms with Crippen molar-refractivity contribution in [1.29, 1.82) is 0 Å². The second-order valence-electron chi connectivity index (χ2n) is 2.04. The quantitative estimate of drug-likeness (QED) is 0.520. The van der Waals surface area contributed by atoms with Gasteiger partial charge in [0.05, 0.1) is 0 Å². The van der Waals surface area contributed by atoms with E-state index in [-0.39, 0.29) is 12.5 Å². The smallest absolute Gasteiger partial charge is 0.105 e. The Morgan fingerprint density at radius 2 is 2.29 bits per heavy atom. The summed E-state index contributed by atoms with van der Waals surface area (Å²) in [6.07, 6.45) is 0.827. The highest BCUT2D eigenvalue weighted by molar-refractivity contribution is 4.78. The number of aliphatic hydroxyl groups excluding tert-OH is 1. The van der Waals surface area contributed by atoms with Crippen molar-refractivity contribution in [3.63, 3.8) is 0 Å². The summed E-state index contributed by atoms with van der Waals surface area (Å²) in [5.74, 6) is -0.0278. The predicted octanol–water partition coefficient (Wildman–Crippen LogP) is 0.727. The van der Waals surface area contributed by atoms with Crippen molar-refractivity contribution in [3.05, 3.63) is 0 Å². The van der Waals surface area contributed by atoms with Crippen LogP contribution in [0.3, 0.4) is 0 Å². The molecule has 1 aliphatic carbocycles. The van der Waals surface area contributed by atoms with Gasteiger partial charge in [0.15, 0.2) is 0 Å². The average Bonchev–Trinajstić information content (AvgIpc) is 1.65. The van der Waals surface area contributed by atoms with Gasteiger partial charge >= 0.3 is 0 Å². The van der Waals surface area contributed by atoms with Crippen LogP contribution in [-0.2, 0) is 0 Å². The highest BCUT2D eigenvalue weighted by Crippen LogP contribution is 2.29. The predicted molar refractivity (Wildman–Crippen MR) is 24.7 cm³/mol. The van der Waals surface area contributed by atoms with Crippen LogP contribution in [0.2, 0.25) is 0 Å². The third-order valence-corrected chi connectivity index (χ3v) is 1.56. The van der Waals surface area contributed by atoms with E-state index in [1.165, 1.54) is 0 Å². The zero-order chi connectivity index (χ0) is 5.28. The lowest BCUT2D eigenvalue weighted by atomic mass is 9.84. The largest absolute Gasteiger partial charge is 0.396 e. The van der Waals surface area contributed by atoms with Gasteiger partial charge in [-0.3, -0.25) is 0 Å². The van der Waals surface area contributed by atoms with Crippen LogP contribution in [0.1, 0.15) is 12.8 Å². The van der Waals surface area contributed by atoms with Crippen molar-refractivity contribution in [2.24, 2.45) is 5.92 Å². The number of rotatable bonds is 1. The van der Waals surface area contributed by atoms with Gasteiger partial charge in [-0.15, -0.1) is 0 Å². The second kappa shape index (κ2) is 1.78. The van der Waals surface area contributed by atoms with Crippen molar-refractivity contribution in [3.8, 4) is 0 Å². The standard InChI is InChI=1S/C5H9FO/c6-5-2-1-4(5)3-7/h4-5,7H,1-3H2. The first kappa shape index (κ1) is 5.04. The highest BCUT2D eigenvalue weighted by Gasteiger charge is 2.29. The summed E-state index contributed by atoms with van der Waals surface area (Å²) in [7, 11) is 0. The van der Waals surface area contributed by atoms with Crippen LogP contribution in [0.4, 0.5) is 4.39 Å². The Morgan fingerprint density at radius 3 is 2.29 bits per heavy atom. The van der Waals surface area contributed by atoms with E-state index in [9.17, 15) is 4.39 Å². The van der Waals surface area contributed by atoms with Crippen LogP contribution in [-0.4, -0.2) is 17.9 Å². The van der Waals surface area contributed by atoms with Gasteiger partial charge < -0.3 is 5.11 Å². The minimum absolute atomic E-state index is 0.0278. The van der Waals surface area contributed by atoms with Gasteiger partial charge in [-0.1, -0.05) is 0 Å². The van der Waals surface area contributed by atoms with Gasteiger partial charge in [-0.05, 0) is 12.8 Å². The zero-order valence-corrected chi connectivity index (χ0v) is 4.10. The number of hydrogen-bond donors (Lipinski definition) is 1. The van der Waals surface area contributed by atoms with Crippen LogP contribution in [0.25, 0.3) is 0 Å². The molecule has 0 heterocycles. The van der Waals surface area contributed by atoms with E-state index in [4.69, 9.17) is 5.11 Å². The maximum Gasteiger partial charge on any atom is 0.105 e. The van der Waals surface area contributed by atoms with Crippen LogP contribution >= 0.6 is 0 Å². The molecule has 0 aromatic rings. The summed E-state index contributed by atoms with van der Waals surface area (Å²) < 4.78 is 12.0. The summed E-state index contributed by atoms with van der Waals surface area (Å²) in [6.45, 7) is 0.0289. The molecule has 0 radical (unpaired) electrons. The summed E-state index contributed by atoms with van der Waals surface area (Å²) in [6, 6.07) is 0. The third-order valence-electron chi connectivity index (χ3n) is 1.56. The molecule has 0 aliphatic heterocycles. The Bertz CT molecular complexity index is 63.1. The van der Waals surface area contributed by atoms with Gasteiger partial charge in [-0.25, -0.2) is 4.39 Å². The van der Waals surface area contributed by atoms with Crippen LogP contribution < -0.4 is 0 Å². The fraction of sp³-hybridized carbons (Fsp3) is 1.00. The first-order valence-electron chi connectivity index (χ1n) is 2.59. The Hall–Kier alpha value is -0.110. The summed E-state index contributed by atoms with van der Waals surface area (Å²) >= 11 is 0. The molecule has 2 unspecified atom stereocenters. The lowest BCUT2D eigenvalue weighted by Crippen LogP contribution is -2.29. The second-order valence-corrected chi connectivity index (χ2v) is 2.04. The van der Waals surface area contributed by atoms with Gasteiger partial charge in [-0.2, -0.15) is 0 Å². The number of hydrogen-bond acceptors (Lipinski definition) is 1. The molecule has 1 aliphatic rings. The Morgan fingerprint density at radius 1 is 1.57 bits per heavy atom. The number of halogens is 1. The zero-order valence-electron chi connectivity index (χ0n) is 4.10. The van der Waals surface area contributed by atoms with Gasteiger partial charge in [0.2, 0.25) is 0 Å². The summed E-state index contributed by atoms with van der Waals surface area (Å²) in [5, 5.41) is 8.32. The van der Waals surface area contributed by atoms with Crippen molar-refractivity contribution in [2.45, 2.75) is 19.0 Å². The van der Waals surface area contributed by atoms with Crippen LogP contribution in [0.5, 0.6) is 0 Å². The molecule has 2 heteroatoms. The van der Waals surface area contributed by atoms with Gasteiger partial charge in [0.25, 0.3) is 0 Å². The Labute approximate surface area is 42.2 Å². The van der Waals surface area contributed by atoms with Gasteiger partial charge in [0, 0.05) is 12.5 Å². The van der Waals surface area contributed by atoms with E-state index >= 15 is 0 Å². The topological polar surface area (TPSA) is 20.2 Å². The molecule has 42 valence electrons. The van der Waals surface area contributed by atoms with E-state index in [1.807, 2.05) is 0 Å². The monoisotopic (exact) mass is 104 g/mol. The lowest BCUT2D eigenvalue weighted by Gasteiger charge is -2.27. The average molecular weight is 104 g/mol. The lowest BCUT2D eigenvalue weighted by molar-refractivity contribution is 0.0575.